The van der Waals surface area contributed by atoms with Crippen LogP contribution < -0.4 is 4.84 Å². The molecule has 1 heterocycles. The molecule has 68 valence electrons. The number of hydrogen-bond donors (Lipinski definition) is 0. The van der Waals surface area contributed by atoms with E-state index >= 15 is 0 Å². The van der Waals surface area contributed by atoms with Gasteiger partial charge in [-0.3, -0.25) is 0 Å². The average Bonchev–Trinajstić information content (AvgIpc) is 2.39. The minimum absolute atomic E-state index is 0. The van der Waals surface area contributed by atoms with E-state index in [1.54, 1.807) is 26.2 Å². The molecule has 5 heteroatoms. The summed E-state index contributed by atoms with van der Waals surface area (Å²) in [5.74, 6) is -0.375. The number of carbonyl (C=O) groups is 1. The Hall–Kier alpha value is -0.840. The SMILES string of the molecule is Br.CC(C)C(=O)On1ccnc1. The van der Waals surface area contributed by atoms with Crippen LogP contribution in [0.5, 0.6) is 0 Å². The zero-order valence-electron chi connectivity index (χ0n) is 6.93. The molecule has 0 bridgehead atoms. The van der Waals surface area contributed by atoms with Crippen LogP contribution in [0, 0.1) is 5.92 Å². The van der Waals surface area contributed by atoms with Crippen molar-refractivity contribution in [1.82, 2.24) is 9.71 Å². The van der Waals surface area contributed by atoms with Crippen molar-refractivity contribution in [2.75, 3.05) is 0 Å². The smallest absolute Gasteiger partial charge is 0.335 e. The van der Waals surface area contributed by atoms with Gasteiger partial charge in [0.05, 0.1) is 12.1 Å². The quantitative estimate of drug-likeness (QED) is 0.770. The Balaban J connectivity index is 0.00000121. The average molecular weight is 235 g/mol. The fourth-order valence-corrected chi connectivity index (χ4v) is 0.510. The highest BCUT2D eigenvalue weighted by atomic mass is 79.9. The van der Waals surface area contributed by atoms with Crippen LogP contribution in [0.2, 0.25) is 0 Å². The normalized spacial score (nSPS) is 9.25. The second-order valence-corrected chi connectivity index (χ2v) is 2.49. The van der Waals surface area contributed by atoms with Crippen molar-refractivity contribution < 1.29 is 9.63 Å². The zero-order valence-corrected chi connectivity index (χ0v) is 8.64. The summed E-state index contributed by atoms with van der Waals surface area (Å²) in [6, 6.07) is 0. The Morgan fingerprint density at radius 3 is 2.67 bits per heavy atom. The molecule has 0 amide bonds. The van der Waals surface area contributed by atoms with Crippen molar-refractivity contribution in [2.24, 2.45) is 5.92 Å². The molecule has 0 unspecified atom stereocenters. The zero-order chi connectivity index (χ0) is 8.27. The van der Waals surface area contributed by atoms with E-state index in [1.807, 2.05) is 0 Å². The van der Waals surface area contributed by atoms with E-state index in [0.29, 0.717) is 0 Å². The maximum absolute atomic E-state index is 10.9. The number of nitrogens with zero attached hydrogens (tertiary/aromatic N) is 2. The minimum atomic E-state index is -0.261. The van der Waals surface area contributed by atoms with E-state index in [1.165, 1.54) is 11.1 Å². The highest BCUT2D eigenvalue weighted by Crippen LogP contribution is 1.92. The molecular weight excluding hydrogens is 224 g/mol. The molecule has 0 spiro atoms. The van der Waals surface area contributed by atoms with Gasteiger partial charge in [0, 0.05) is 6.20 Å². The summed E-state index contributed by atoms with van der Waals surface area (Å²) >= 11 is 0. The lowest BCUT2D eigenvalue weighted by atomic mass is 10.2. The lowest BCUT2D eigenvalue weighted by Gasteiger charge is -2.04. The summed E-state index contributed by atoms with van der Waals surface area (Å²) in [6.45, 7) is 3.55. The first-order chi connectivity index (χ1) is 5.20. The molecule has 12 heavy (non-hydrogen) atoms. The number of halogens is 1. The van der Waals surface area contributed by atoms with E-state index < -0.39 is 0 Å². The van der Waals surface area contributed by atoms with Gasteiger partial charge in [-0.05, 0) is 0 Å². The molecule has 0 radical (unpaired) electrons. The molecule has 0 saturated carbocycles. The molecule has 0 aromatic carbocycles. The minimum Gasteiger partial charge on any atom is -0.335 e. The molecule has 0 atom stereocenters. The van der Waals surface area contributed by atoms with Crippen LogP contribution in [0.4, 0.5) is 0 Å². The monoisotopic (exact) mass is 234 g/mol. The summed E-state index contributed by atoms with van der Waals surface area (Å²) in [5, 5.41) is 0. The van der Waals surface area contributed by atoms with Gasteiger partial charge in [0.25, 0.3) is 0 Å². The van der Waals surface area contributed by atoms with Gasteiger partial charge in [-0.15, -0.1) is 17.0 Å². The summed E-state index contributed by atoms with van der Waals surface area (Å²) in [4.78, 5) is 19.5. The second kappa shape index (κ2) is 4.92. The van der Waals surface area contributed by atoms with Crippen LogP contribution in [0.1, 0.15) is 13.8 Å². The van der Waals surface area contributed by atoms with Crippen LogP contribution in [0.3, 0.4) is 0 Å². The fraction of sp³-hybridized carbons (Fsp3) is 0.429. The molecule has 1 rings (SSSR count). The Bertz CT molecular complexity index is 234. The lowest BCUT2D eigenvalue weighted by Crippen LogP contribution is -2.22. The van der Waals surface area contributed by atoms with Gasteiger partial charge in [-0.2, -0.15) is 4.73 Å². The van der Waals surface area contributed by atoms with Crippen LogP contribution in [0.25, 0.3) is 0 Å². The molecule has 1 aromatic heterocycles. The van der Waals surface area contributed by atoms with Gasteiger partial charge in [-0.1, -0.05) is 13.8 Å². The third-order valence-corrected chi connectivity index (χ3v) is 1.15. The third-order valence-electron chi connectivity index (χ3n) is 1.15. The molecule has 1 aromatic rings. The summed E-state index contributed by atoms with van der Waals surface area (Å²) in [6.07, 6.45) is 4.55. The molecule has 4 nitrogen and oxygen atoms in total. The number of aromatic nitrogens is 2. The second-order valence-electron chi connectivity index (χ2n) is 2.49. The van der Waals surface area contributed by atoms with E-state index in [4.69, 9.17) is 4.84 Å². The molecule has 0 aliphatic rings. The van der Waals surface area contributed by atoms with Gasteiger partial charge < -0.3 is 4.84 Å². The molecule has 0 fully saturated rings. The maximum Gasteiger partial charge on any atom is 0.335 e. The number of hydrogen-bond acceptors (Lipinski definition) is 3. The highest BCUT2D eigenvalue weighted by molar-refractivity contribution is 8.93. The Morgan fingerprint density at radius 2 is 2.25 bits per heavy atom. The Labute approximate surface area is 81.3 Å². The Morgan fingerprint density at radius 1 is 1.58 bits per heavy atom. The van der Waals surface area contributed by atoms with Gasteiger partial charge in [-0.25, -0.2) is 9.78 Å². The molecule has 0 aliphatic heterocycles. The summed E-state index contributed by atoms with van der Waals surface area (Å²) in [5.41, 5.74) is 0. The number of carbonyl (C=O) groups excluding carboxylic acids is 1. The third kappa shape index (κ3) is 3.04. The topological polar surface area (TPSA) is 44.1 Å². The van der Waals surface area contributed by atoms with Crippen molar-refractivity contribution in [3.05, 3.63) is 18.7 Å². The largest absolute Gasteiger partial charge is 0.335 e. The predicted molar refractivity (Wildman–Crippen MR) is 49.0 cm³/mol. The van der Waals surface area contributed by atoms with E-state index in [-0.39, 0.29) is 28.9 Å². The first-order valence-electron chi connectivity index (χ1n) is 3.40. The van der Waals surface area contributed by atoms with Crippen molar-refractivity contribution in [2.45, 2.75) is 13.8 Å². The van der Waals surface area contributed by atoms with E-state index in [9.17, 15) is 4.79 Å². The van der Waals surface area contributed by atoms with Gasteiger partial charge in [0.1, 0.15) is 6.33 Å². The summed E-state index contributed by atoms with van der Waals surface area (Å²) < 4.78 is 1.28. The lowest BCUT2D eigenvalue weighted by molar-refractivity contribution is -0.147. The number of imidazole rings is 1. The van der Waals surface area contributed by atoms with Crippen LogP contribution in [0.15, 0.2) is 18.7 Å². The first kappa shape index (κ1) is 11.2. The van der Waals surface area contributed by atoms with Crippen LogP contribution in [-0.4, -0.2) is 15.7 Å². The number of rotatable bonds is 2. The first-order valence-corrected chi connectivity index (χ1v) is 3.40. The Kier molecular flexibility index (Phi) is 4.58. The van der Waals surface area contributed by atoms with Crippen LogP contribution in [-0.2, 0) is 4.79 Å². The summed E-state index contributed by atoms with van der Waals surface area (Å²) in [7, 11) is 0. The van der Waals surface area contributed by atoms with Crippen molar-refractivity contribution >= 4 is 23.0 Å². The van der Waals surface area contributed by atoms with E-state index in [0.717, 1.165) is 0 Å². The van der Waals surface area contributed by atoms with E-state index in [2.05, 4.69) is 4.98 Å². The van der Waals surface area contributed by atoms with Gasteiger partial charge in [0.2, 0.25) is 0 Å². The molecular formula is C7H11BrN2O2. The molecule has 0 saturated heterocycles. The van der Waals surface area contributed by atoms with Crippen molar-refractivity contribution in [3.63, 3.8) is 0 Å². The highest BCUT2D eigenvalue weighted by Gasteiger charge is 2.08. The van der Waals surface area contributed by atoms with Gasteiger partial charge in [0.15, 0.2) is 0 Å². The molecule has 0 N–H and O–H groups in total. The van der Waals surface area contributed by atoms with Crippen molar-refractivity contribution in [3.8, 4) is 0 Å². The standard InChI is InChI=1S/C7H10N2O2.BrH/c1-6(2)7(10)11-9-4-3-8-5-9;/h3-6H,1-2H3;1H. The van der Waals surface area contributed by atoms with Crippen LogP contribution >= 0.6 is 17.0 Å². The fourth-order valence-electron chi connectivity index (χ4n) is 0.510. The van der Waals surface area contributed by atoms with Crippen molar-refractivity contribution in [1.29, 1.82) is 0 Å². The predicted octanol–water partition coefficient (Wildman–Crippen LogP) is 1.07. The molecule has 0 aliphatic carbocycles. The maximum atomic E-state index is 10.9. The van der Waals surface area contributed by atoms with Gasteiger partial charge >= 0.3 is 5.97 Å².